The van der Waals surface area contributed by atoms with E-state index in [0.29, 0.717) is 10.8 Å². The van der Waals surface area contributed by atoms with Crippen molar-refractivity contribution in [1.82, 2.24) is 5.32 Å². The maximum absolute atomic E-state index is 3.92. The number of hydrogen-bond donors (Lipinski definition) is 1. The molecule has 0 aliphatic heterocycles. The van der Waals surface area contributed by atoms with Crippen molar-refractivity contribution >= 4 is 11.3 Å². The highest BCUT2D eigenvalue weighted by atomic mass is 32.1. The monoisotopic (exact) mass is 289 g/mol. The average molecular weight is 289 g/mol. The number of fused-ring (bicyclic) bond motifs is 3. The van der Waals surface area contributed by atoms with Gasteiger partial charge in [-0.25, -0.2) is 0 Å². The number of thiophene rings is 1. The van der Waals surface area contributed by atoms with E-state index < -0.39 is 0 Å². The molecule has 1 heterocycles. The Hall–Kier alpha value is -0.340. The maximum atomic E-state index is 3.92. The molecule has 110 valence electrons. The minimum absolute atomic E-state index is 0.512. The largest absolute Gasteiger partial charge is 0.309 e. The van der Waals surface area contributed by atoms with Crippen LogP contribution in [0, 0.1) is 16.7 Å². The highest BCUT2D eigenvalue weighted by Gasteiger charge is 2.60. The molecule has 1 N–H and O–H groups in total. The van der Waals surface area contributed by atoms with Crippen molar-refractivity contribution in [3.8, 4) is 0 Å². The Morgan fingerprint density at radius 3 is 2.80 bits per heavy atom. The van der Waals surface area contributed by atoms with Crippen LogP contribution >= 0.6 is 11.3 Å². The molecule has 1 nitrogen and oxygen atoms in total. The lowest BCUT2D eigenvalue weighted by molar-refractivity contribution is 0.120. The van der Waals surface area contributed by atoms with Crippen LogP contribution in [0.5, 0.6) is 0 Å². The van der Waals surface area contributed by atoms with Crippen LogP contribution in [0.4, 0.5) is 0 Å². The molecule has 2 heteroatoms. The molecular formula is C18H27NS. The third-order valence-electron chi connectivity index (χ3n) is 7.11. The molecule has 0 saturated heterocycles. The van der Waals surface area contributed by atoms with Crippen molar-refractivity contribution in [3.63, 3.8) is 0 Å². The van der Waals surface area contributed by atoms with Gasteiger partial charge in [0.1, 0.15) is 0 Å². The summed E-state index contributed by atoms with van der Waals surface area (Å²) in [7, 11) is 0. The second-order valence-electron chi connectivity index (χ2n) is 8.06. The molecule has 3 aliphatic rings. The van der Waals surface area contributed by atoms with Gasteiger partial charge in [0.25, 0.3) is 0 Å². The molecule has 3 aliphatic carbocycles. The van der Waals surface area contributed by atoms with Crippen LogP contribution in [-0.2, 0) is 19.4 Å². The molecule has 20 heavy (non-hydrogen) atoms. The molecule has 1 aromatic heterocycles. The second-order valence-corrected chi connectivity index (χ2v) is 9.28. The highest BCUT2D eigenvalue weighted by Crippen LogP contribution is 2.65. The number of rotatable bonds is 3. The Bertz CT molecular complexity index is 508. The van der Waals surface area contributed by atoms with Gasteiger partial charge in [-0.3, -0.25) is 0 Å². The first-order valence-electron chi connectivity index (χ1n) is 8.34. The molecule has 3 unspecified atom stereocenters. The van der Waals surface area contributed by atoms with Gasteiger partial charge in [-0.15, -0.1) is 11.3 Å². The van der Waals surface area contributed by atoms with E-state index >= 15 is 0 Å². The topological polar surface area (TPSA) is 12.0 Å². The summed E-state index contributed by atoms with van der Waals surface area (Å²) in [5, 5.41) is 3.92. The van der Waals surface area contributed by atoms with E-state index in [4.69, 9.17) is 0 Å². The molecular weight excluding hydrogens is 262 g/mol. The summed E-state index contributed by atoms with van der Waals surface area (Å²) in [6.07, 6.45) is 8.30. The van der Waals surface area contributed by atoms with Gasteiger partial charge in [0, 0.05) is 22.3 Å². The lowest BCUT2D eigenvalue weighted by Gasteiger charge is -2.39. The first kappa shape index (κ1) is 13.3. The molecule has 0 amide bonds. The number of nitrogens with one attached hydrogen (secondary N) is 1. The predicted molar refractivity (Wildman–Crippen MR) is 86.2 cm³/mol. The molecule has 0 radical (unpaired) electrons. The van der Waals surface area contributed by atoms with Crippen molar-refractivity contribution < 1.29 is 0 Å². The van der Waals surface area contributed by atoms with E-state index in [9.17, 15) is 0 Å². The van der Waals surface area contributed by atoms with Crippen LogP contribution in [0.2, 0.25) is 0 Å². The van der Waals surface area contributed by atoms with E-state index in [-0.39, 0.29) is 0 Å². The van der Waals surface area contributed by atoms with Gasteiger partial charge in [0.15, 0.2) is 0 Å². The zero-order valence-corrected chi connectivity index (χ0v) is 13.9. The van der Waals surface area contributed by atoms with Gasteiger partial charge in [-0.2, -0.15) is 0 Å². The quantitative estimate of drug-likeness (QED) is 0.861. The Balaban J connectivity index is 1.45. The van der Waals surface area contributed by atoms with Crippen molar-refractivity contribution in [1.29, 1.82) is 0 Å². The summed E-state index contributed by atoms with van der Waals surface area (Å²) in [6, 6.07) is 3.20. The SMILES string of the molecule is CC1(C)C2CCC1(C)C(NCc1cc3c(s1)CCC3)C2. The standard InChI is InChI=1S/C18H27NS/c1-17(2)13-7-8-18(17,3)16(10-13)19-11-14-9-12-5-4-6-15(12)20-14/h9,13,16,19H,4-8,10-11H2,1-3H3. The summed E-state index contributed by atoms with van der Waals surface area (Å²) < 4.78 is 0. The normalized spacial score (nSPS) is 37.5. The fourth-order valence-corrected chi connectivity index (χ4v) is 6.43. The van der Waals surface area contributed by atoms with Gasteiger partial charge in [-0.1, -0.05) is 20.8 Å². The number of aryl methyl sites for hydroxylation is 2. The second kappa shape index (κ2) is 4.33. The third-order valence-corrected chi connectivity index (χ3v) is 8.35. The van der Waals surface area contributed by atoms with Crippen molar-refractivity contribution in [2.24, 2.45) is 16.7 Å². The van der Waals surface area contributed by atoms with E-state index in [1.165, 1.54) is 38.5 Å². The predicted octanol–water partition coefficient (Wildman–Crippen LogP) is 4.54. The molecule has 4 rings (SSSR count). The molecule has 1 aromatic rings. The lowest BCUT2D eigenvalue weighted by atomic mass is 9.69. The molecule has 0 spiro atoms. The Morgan fingerprint density at radius 1 is 1.30 bits per heavy atom. The summed E-state index contributed by atoms with van der Waals surface area (Å²) in [6.45, 7) is 8.64. The van der Waals surface area contributed by atoms with E-state index in [1.54, 1.807) is 15.3 Å². The smallest absolute Gasteiger partial charge is 0.0302 e. The molecule has 2 fully saturated rings. The minimum atomic E-state index is 0.512. The third kappa shape index (κ3) is 1.70. The van der Waals surface area contributed by atoms with Crippen LogP contribution < -0.4 is 5.32 Å². The van der Waals surface area contributed by atoms with Crippen molar-refractivity contribution in [2.75, 3.05) is 0 Å². The van der Waals surface area contributed by atoms with Crippen molar-refractivity contribution in [2.45, 2.75) is 71.9 Å². The fraction of sp³-hybridized carbons (Fsp3) is 0.778. The summed E-state index contributed by atoms with van der Waals surface area (Å²) in [5.74, 6) is 0.943. The van der Waals surface area contributed by atoms with Crippen LogP contribution in [0.1, 0.15) is 61.8 Å². The maximum Gasteiger partial charge on any atom is 0.0302 e. The van der Waals surface area contributed by atoms with Crippen LogP contribution in [-0.4, -0.2) is 6.04 Å². The first-order chi connectivity index (χ1) is 9.50. The fourth-order valence-electron chi connectivity index (χ4n) is 5.21. The van der Waals surface area contributed by atoms with E-state index in [2.05, 4.69) is 43.5 Å². The summed E-state index contributed by atoms with van der Waals surface area (Å²) in [4.78, 5) is 3.24. The van der Waals surface area contributed by atoms with E-state index in [1.807, 2.05) is 0 Å². The van der Waals surface area contributed by atoms with Crippen LogP contribution in [0.25, 0.3) is 0 Å². The molecule has 2 saturated carbocycles. The minimum Gasteiger partial charge on any atom is -0.309 e. The van der Waals surface area contributed by atoms with Crippen molar-refractivity contribution in [3.05, 3.63) is 21.4 Å². The number of hydrogen-bond acceptors (Lipinski definition) is 2. The van der Waals surface area contributed by atoms with Gasteiger partial charge < -0.3 is 5.32 Å². The van der Waals surface area contributed by atoms with Crippen LogP contribution in [0.15, 0.2) is 6.07 Å². The zero-order valence-electron chi connectivity index (χ0n) is 13.1. The Morgan fingerprint density at radius 2 is 2.15 bits per heavy atom. The zero-order chi connectivity index (χ0) is 14.0. The Labute approximate surface area is 127 Å². The molecule has 3 atom stereocenters. The van der Waals surface area contributed by atoms with Gasteiger partial charge >= 0.3 is 0 Å². The summed E-state index contributed by atoms with van der Waals surface area (Å²) >= 11 is 2.06. The first-order valence-corrected chi connectivity index (χ1v) is 9.16. The average Bonchev–Trinajstić information content (AvgIpc) is 3.06. The lowest BCUT2D eigenvalue weighted by Crippen LogP contribution is -2.44. The van der Waals surface area contributed by atoms with E-state index in [0.717, 1.165) is 18.5 Å². The van der Waals surface area contributed by atoms with Gasteiger partial charge in [0.2, 0.25) is 0 Å². The summed E-state index contributed by atoms with van der Waals surface area (Å²) in [5.41, 5.74) is 2.69. The van der Waals surface area contributed by atoms with Crippen LogP contribution in [0.3, 0.4) is 0 Å². The Kier molecular flexibility index (Phi) is 2.89. The molecule has 0 aromatic carbocycles. The highest BCUT2D eigenvalue weighted by molar-refractivity contribution is 7.12. The molecule has 2 bridgehead atoms. The van der Waals surface area contributed by atoms with Gasteiger partial charge in [-0.05, 0) is 66.9 Å². The van der Waals surface area contributed by atoms with Gasteiger partial charge in [0.05, 0.1) is 0 Å².